The first-order valence-corrected chi connectivity index (χ1v) is 45.8. The zero-order chi connectivity index (χ0) is 89.1. The van der Waals surface area contributed by atoms with Gasteiger partial charge in [-0.1, -0.05) is 92.8 Å². The molecule has 0 aliphatic heterocycles. The number of thiazole rings is 4. The number of carbonyl (C=O) groups is 7. The summed E-state index contributed by atoms with van der Waals surface area (Å²) in [4.78, 5) is 112. The molecule has 0 spiro atoms. The molecule has 0 bridgehead atoms. The van der Waals surface area contributed by atoms with Gasteiger partial charge >= 0.3 is 11.9 Å². The van der Waals surface area contributed by atoms with Crippen LogP contribution in [0.5, 0.6) is 46.0 Å². The van der Waals surface area contributed by atoms with Gasteiger partial charge < -0.3 is 89.2 Å². The lowest BCUT2D eigenvalue weighted by atomic mass is 9.90. The van der Waals surface area contributed by atoms with Crippen LogP contribution < -0.4 is 84.4 Å². The Morgan fingerprint density at radius 2 is 0.627 bits per heavy atom. The van der Waals surface area contributed by atoms with E-state index in [2.05, 4.69) is 82.2 Å². The van der Waals surface area contributed by atoms with Gasteiger partial charge in [-0.15, -0.1) is 11.3 Å². The van der Waals surface area contributed by atoms with Crippen LogP contribution in [0.2, 0.25) is 0 Å². The molecule has 4 fully saturated rings. The normalized spacial score (nSPS) is 18.3. The summed E-state index contributed by atoms with van der Waals surface area (Å²) in [7, 11) is 5.15. The quantitative estimate of drug-likeness (QED) is 0.0249. The van der Waals surface area contributed by atoms with Crippen LogP contribution in [0.4, 0.5) is 15.4 Å². The summed E-state index contributed by atoms with van der Waals surface area (Å²) in [5.74, 6) is 2.65. The zero-order valence-electron chi connectivity index (χ0n) is 70.5. The maximum absolute atomic E-state index is 11.8. The minimum atomic E-state index is -1.10. The molecule has 8 heterocycles. The van der Waals surface area contributed by atoms with Gasteiger partial charge in [0.2, 0.25) is 5.91 Å². The molecular formula is C88H108N20O13S5. The molecular weight excluding hydrogens is 1710 g/mol. The molecule has 126 heavy (non-hydrogen) atoms. The summed E-state index contributed by atoms with van der Waals surface area (Å²) in [5, 5.41) is 26.4. The lowest BCUT2D eigenvalue weighted by Crippen LogP contribution is -2.47. The Bertz CT molecular complexity index is 5550. The topological polar surface area (TPSA) is 486 Å². The van der Waals surface area contributed by atoms with E-state index >= 15 is 0 Å². The zero-order valence-corrected chi connectivity index (χ0v) is 74.6. The van der Waals surface area contributed by atoms with Crippen molar-refractivity contribution in [3.63, 3.8) is 0 Å². The first-order chi connectivity index (χ1) is 60.2. The number of rotatable bonds is 20. The molecule has 4 aliphatic carbocycles. The van der Waals surface area contributed by atoms with Crippen molar-refractivity contribution in [3.05, 3.63) is 169 Å². The molecule has 1 unspecified atom stereocenters. The third-order valence-corrected chi connectivity index (χ3v) is 25.5. The van der Waals surface area contributed by atoms with Crippen molar-refractivity contribution in [2.45, 2.75) is 184 Å². The number of anilines is 3. The predicted molar refractivity (Wildman–Crippen MR) is 496 cm³/mol. The Kier molecular flexibility index (Phi) is 36.3. The minimum absolute atomic E-state index is 0. The fraction of sp³-hybridized carbons (Fsp3) is 0.375. The lowest BCUT2D eigenvalue weighted by molar-refractivity contribution is -0.156. The molecule has 668 valence electrons. The molecule has 4 aromatic carbocycles. The number of pyridine rings is 4. The number of hydrogen-bond donors (Lipinski definition) is 12. The van der Waals surface area contributed by atoms with Crippen molar-refractivity contribution in [1.82, 2.24) is 66.5 Å². The molecule has 16 N–H and O–H groups in total. The third-order valence-electron chi connectivity index (χ3n) is 20.3. The van der Waals surface area contributed by atoms with Crippen molar-refractivity contribution in [3.8, 4) is 46.0 Å². The van der Waals surface area contributed by atoms with E-state index < -0.39 is 22.7 Å². The van der Waals surface area contributed by atoms with Gasteiger partial charge in [-0.3, -0.25) is 57.7 Å². The van der Waals surface area contributed by atoms with Crippen molar-refractivity contribution in [2.75, 3.05) is 50.4 Å². The van der Waals surface area contributed by atoms with Crippen LogP contribution in [0.3, 0.4) is 0 Å². The fourth-order valence-electron chi connectivity index (χ4n) is 13.9. The molecule has 4 saturated carbocycles. The highest BCUT2D eigenvalue weighted by atomic mass is 32.2. The standard InChI is InChI=1S/C22H25N5O3S.2C20H23N5O2S.C15H13N3O3S2.C6H14N2.C4H6O3.CH4/c1-13(28)25-16-5-3-4-6-17(16)26-22-27-18-8-7-14(12-20(18)31-22)30-15-9-10-24-19(11-15)21(29)23-2;2*1-22-19(26)17-10-13(8-9-23-17)27-12-6-7-16-18(11-12)28-20(25-16)24-15-5-3-2-4-14(15)21;1-16-14(19)12-7-10(5-6-17-12)21-9-3-4-11-13(8-9)22-15(18-11)23(2)20;7-5-3-1-2-4-6(5)8;1-3(5)7-4(2)6;/h7-12,16-17H,3-6H2,1-2H3,(H,23,29)(H,25,28)(H,26,27);2*6-11,14-15H,2-5,21H2,1H3,(H,22,26)(H,24,25);3-8H,1-2H3,(H,16,19);5-6H,1-4,7-8H2;1-2H3;1H4/t16-,17-;2*14-,15-;;5-,6-;;/m111.1../s1. The van der Waals surface area contributed by atoms with Crippen LogP contribution in [0.1, 0.15) is 173 Å². The van der Waals surface area contributed by atoms with Gasteiger partial charge in [0.15, 0.2) is 19.7 Å². The summed E-state index contributed by atoms with van der Waals surface area (Å²) < 4.78 is 43.6. The molecule has 0 saturated heterocycles. The van der Waals surface area contributed by atoms with Gasteiger partial charge in [-0.2, -0.15) is 0 Å². The van der Waals surface area contributed by atoms with Gasteiger partial charge in [-0.25, -0.2) is 19.9 Å². The maximum Gasteiger partial charge on any atom is 0.310 e. The summed E-state index contributed by atoms with van der Waals surface area (Å²) in [6, 6.07) is 37.7. The van der Waals surface area contributed by atoms with E-state index in [1.165, 1.54) is 69.9 Å². The monoisotopic (exact) mass is 1810 g/mol. The largest absolute Gasteiger partial charge is 0.457 e. The maximum atomic E-state index is 11.8. The number of benzene rings is 4. The number of fused-ring (bicyclic) bond motifs is 4. The van der Waals surface area contributed by atoms with Crippen molar-refractivity contribution in [2.24, 2.45) is 22.9 Å². The second kappa shape index (κ2) is 47.4. The highest BCUT2D eigenvalue weighted by Crippen LogP contribution is 2.38. The molecule has 5 amide bonds. The molecule has 12 aromatic rings. The van der Waals surface area contributed by atoms with Crippen LogP contribution in [-0.4, -0.2) is 168 Å². The van der Waals surface area contributed by atoms with Gasteiger partial charge in [-0.05, 0) is 124 Å². The fourth-order valence-corrected chi connectivity index (χ4v) is 18.5. The number of carbonyl (C=O) groups excluding carboxylic acids is 7. The molecule has 0 radical (unpaired) electrons. The minimum Gasteiger partial charge on any atom is -0.457 e. The Hall–Kier alpha value is -11.9. The van der Waals surface area contributed by atoms with E-state index in [9.17, 15) is 37.8 Å². The molecule has 9 atom stereocenters. The Balaban J connectivity index is 0.000000166. The molecule has 4 aliphatic rings. The van der Waals surface area contributed by atoms with Crippen molar-refractivity contribution >= 4 is 154 Å². The summed E-state index contributed by atoms with van der Waals surface area (Å²) in [6.07, 6.45) is 25.9. The number of esters is 2. The SMILES string of the molecule is C.CC(=O)OC(C)=O.CNC(=O)c1cc(Oc2ccc3nc(N[C@@H]4CCCC[C@H]4N)sc3c2)ccn1.CNC(=O)c1cc(Oc2ccc3nc(N[C@@H]4CCCC[C@H]4N)sc3c2)ccn1.CNC(=O)c1cc(Oc2ccc3nc(N[C@@H]4CCCC[C@H]4NC(C)=O)sc3c2)ccn1.CNC(=O)c1cc(Oc2ccc3nc(S(C)=O)sc3c2)ccn1.N[C@@H]1CCCC[C@H]1N. The number of nitrogens with two attached hydrogens (primary N) is 4. The van der Waals surface area contributed by atoms with Crippen LogP contribution in [0.15, 0.2) is 150 Å². The van der Waals surface area contributed by atoms with E-state index in [0.717, 1.165) is 120 Å². The number of aromatic nitrogens is 8. The average Bonchev–Trinajstić information content (AvgIpc) is 1.68. The van der Waals surface area contributed by atoms with E-state index in [1.54, 1.807) is 149 Å². The predicted octanol–water partition coefficient (Wildman–Crippen LogP) is 14.3. The van der Waals surface area contributed by atoms with E-state index in [1.807, 2.05) is 66.7 Å². The van der Waals surface area contributed by atoms with E-state index in [0.29, 0.717) is 67.4 Å². The van der Waals surface area contributed by atoms with Crippen LogP contribution in [0, 0.1) is 0 Å². The van der Waals surface area contributed by atoms with E-state index in [-0.39, 0.29) is 91.0 Å². The van der Waals surface area contributed by atoms with Crippen LogP contribution >= 0.6 is 45.3 Å². The first-order valence-electron chi connectivity index (χ1n) is 40.9. The van der Waals surface area contributed by atoms with Crippen molar-refractivity contribution < 1.29 is 61.5 Å². The smallest absolute Gasteiger partial charge is 0.310 e. The Labute approximate surface area is 748 Å². The number of nitrogens with one attached hydrogen (secondary N) is 8. The average molecular weight is 1810 g/mol. The second-order valence-electron chi connectivity index (χ2n) is 29.7. The number of nitrogens with zero attached hydrogens (tertiary/aromatic N) is 8. The number of hydrogen-bond acceptors (Lipinski definition) is 32. The van der Waals surface area contributed by atoms with Crippen molar-refractivity contribution in [1.29, 1.82) is 0 Å². The van der Waals surface area contributed by atoms with Gasteiger partial charge in [0.25, 0.3) is 23.6 Å². The third kappa shape index (κ3) is 28.6. The Morgan fingerprint density at radius 3 is 0.905 bits per heavy atom. The number of ether oxygens (including phenoxy) is 5. The Morgan fingerprint density at radius 1 is 0.357 bits per heavy atom. The summed E-state index contributed by atoms with van der Waals surface area (Å²) in [5.41, 5.74) is 28.5. The summed E-state index contributed by atoms with van der Waals surface area (Å²) in [6.45, 7) is 3.92. The lowest BCUT2D eigenvalue weighted by Gasteiger charge is -2.32. The van der Waals surface area contributed by atoms with E-state index in [4.69, 9.17) is 46.9 Å². The highest BCUT2D eigenvalue weighted by molar-refractivity contribution is 7.86. The number of amides is 5. The second-order valence-corrected chi connectivity index (χ2v) is 35.4. The molecule has 33 nitrogen and oxygen atoms in total. The van der Waals surface area contributed by atoms with Gasteiger partial charge in [0.05, 0.1) is 51.7 Å². The molecule has 8 aromatic heterocycles. The molecule has 38 heteroatoms. The molecule has 16 rings (SSSR count). The van der Waals surface area contributed by atoms with Gasteiger partial charge in [0, 0.05) is 177 Å². The first kappa shape index (κ1) is 96.3. The van der Waals surface area contributed by atoms with Crippen LogP contribution in [0.25, 0.3) is 40.9 Å². The van der Waals surface area contributed by atoms with Gasteiger partial charge in [0.1, 0.15) is 68.8 Å². The van der Waals surface area contributed by atoms with Crippen LogP contribution in [-0.2, 0) is 29.9 Å². The highest BCUT2D eigenvalue weighted by Gasteiger charge is 2.29. The summed E-state index contributed by atoms with van der Waals surface area (Å²) >= 11 is 6.12.